The SMILES string of the molecule is CC(=O)c1cccc(OC(C)C(=O)NCCc2ccc(N)cc2)c1. The summed E-state index contributed by atoms with van der Waals surface area (Å²) in [4.78, 5) is 23.5. The quantitative estimate of drug-likeness (QED) is 0.605. The fourth-order valence-corrected chi connectivity index (χ4v) is 2.20. The maximum atomic E-state index is 12.1. The number of carbonyl (C=O) groups excluding carboxylic acids is 2. The number of rotatable bonds is 7. The first-order chi connectivity index (χ1) is 11.5. The summed E-state index contributed by atoms with van der Waals surface area (Å²) in [7, 11) is 0. The van der Waals surface area contributed by atoms with Gasteiger partial charge in [-0.15, -0.1) is 0 Å². The molecule has 0 fully saturated rings. The minimum absolute atomic E-state index is 0.0407. The minimum Gasteiger partial charge on any atom is -0.481 e. The first-order valence-corrected chi connectivity index (χ1v) is 7.85. The summed E-state index contributed by atoms with van der Waals surface area (Å²) in [6.07, 6.45) is 0.0806. The Morgan fingerprint density at radius 3 is 2.54 bits per heavy atom. The number of Topliss-reactive ketones (excluding diaryl/α,β-unsaturated/α-hetero) is 1. The molecule has 5 nitrogen and oxygen atoms in total. The third kappa shape index (κ3) is 5.12. The zero-order valence-corrected chi connectivity index (χ0v) is 13.9. The summed E-state index contributed by atoms with van der Waals surface area (Å²) in [5.41, 5.74) is 8.02. The number of hydrogen-bond acceptors (Lipinski definition) is 4. The average molecular weight is 326 g/mol. The van der Waals surface area contributed by atoms with Crippen LogP contribution in [0, 0.1) is 0 Å². The van der Waals surface area contributed by atoms with Gasteiger partial charge in [0.15, 0.2) is 11.9 Å². The lowest BCUT2D eigenvalue weighted by molar-refractivity contribution is -0.127. The van der Waals surface area contributed by atoms with E-state index in [9.17, 15) is 9.59 Å². The van der Waals surface area contributed by atoms with Gasteiger partial charge in [-0.3, -0.25) is 9.59 Å². The number of ketones is 1. The molecule has 5 heteroatoms. The summed E-state index contributed by atoms with van der Waals surface area (Å²) in [5, 5.41) is 2.84. The van der Waals surface area contributed by atoms with Crippen molar-refractivity contribution < 1.29 is 14.3 Å². The summed E-state index contributed by atoms with van der Waals surface area (Å²) < 4.78 is 5.60. The van der Waals surface area contributed by atoms with Gasteiger partial charge in [-0.2, -0.15) is 0 Å². The molecule has 0 saturated carbocycles. The lowest BCUT2D eigenvalue weighted by atomic mass is 10.1. The largest absolute Gasteiger partial charge is 0.481 e. The van der Waals surface area contributed by atoms with E-state index in [0.29, 0.717) is 17.9 Å². The van der Waals surface area contributed by atoms with Crippen molar-refractivity contribution in [2.45, 2.75) is 26.4 Å². The molecule has 1 atom stereocenters. The van der Waals surface area contributed by atoms with Crippen molar-refractivity contribution in [1.29, 1.82) is 0 Å². The van der Waals surface area contributed by atoms with E-state index in [1.165, 1.54) is 6.92 Å². The van der Waals surface area contributed by atoms with Crippen molar-refractivity contribution in [1.82, 2.24) is 5.32 Å². The van der Waals surface area contributed by atoms with Crippen molar-refractivity contribution in [3.05, 3.63) is 59.7 Å². The van der Waals surface area contributed by atoms with Gasteiger partial charge in [-0.25, -0.2) is 0 Å². The Morgan fingerprint density at radius 2 is 1.88 bits per heavy atom. The molecule has 2 aromatic carbocycles. The molecule has 0 radical (unpaired) electrons. The van der Waals surface area contributed by atoms with E-state index in [-0.39, 0.29) is 11.7 Å². The average Bonchev–Trinajstić information content (AvgIpc) is 2.56. The second kappa shape index (κ2) is 8.15. The first kappa shape index (κ1) is 17.5. The maximum Gasteiger partial charge on any atom is 0.260 e. The van der Waals surface area contributed by atoms with Crippen LogP contribution in [0.5, 0.6) is 5.75 Å². The molecule has 0 aliphatic rings. The van der Waals surface area contributed by atoms with E-state index in [1.807, 2.05) is 24.3 Å². The third-order valence-corrected chi connectivity index (χ3v) is 3.62. The lowest BCUT2D eigenvalue weighted by Gasteiger charge is -2.15. The number of nitrogen functional groups attached to an aromatic ring is 1. The van der Waals surface area contributed by atoms with Crippen LogP contribution in [0.4, 0.5) is 5.69 Å². The Bertz CT molecular complexity index is 711. The van der Waals surface area contributed by atoms with Gasteiger partial charge in [-0.1, -0.05) is 24.3 Å². The second-order valence-corrected chi connectivity index (χ2v) is 5.63. The molecular weight excluding hydrogens is 304 g/mol. The molecule has 0 aromatic heterocycles. The van der Waals surface area contributed by atoms with E-state index in [2.05, 4.69) is 5.32 Å². The normalized spacial score (nSPS) is 11.6. The molecule has 0 saturated heterocycles. The Hall–Kier alpha value is -2.82. The maximum absolute atomic E-state index is 12.1. The number of anilines is 1. The van der Waals surface area contributed by atoms with Crippen LogP contribution in [0.1, 0.15) is 29.8 Å². The standard InChI is InChI=1S/C19H22N2O3/c1-13(22)16-4-3-5-18(12-16)24-14(2)19(23)21-11-10-15-6-8-17(20)9-7-15/h3-9,12,14H,10-11,20H2,1-2H3,(H,21,23). The first-order valence-electron chi connectivity index (χ1n) is 7.85. The fourth-order valence-electron chi connectivity index (χ4n) is 2.20. The molecule has 2 rings (SSSR count). The van der Waals surface area contributed by atoms with Crippen LogP contribution in [-0.2, 0) is 11.2 Å². The Labute approximate surface area is 141 Å². The Kier molecular flexibility index (Phi) is 5.95. The second-order valence-electron chi connectivity index (χ2n) is 5.63. The van der Waals surface area contributed by atoms with Gasteiger partial charge < -0.3 is 15.8 Å². The smallest absolute Gasteiger partial charge is 0.260 e. The van der Waals surface area contributed by atoms with Gasteiger partial charge in [0.2, 0.25) is 0 Å². The molecule has 0 spiro atoms. The Balaban J connectivity index is 1.82. The monoisotopic (exact) mass is 326 g/mol. The molecule has 3 N–H and O–H groups in total. The predicted molar refractivity (Wildman–Crippen MR) is 94.1 cm³/mol. The molecule has 0 heterocycles. The number of benzene rings is 2. The van der Waals surface area contributed by atoms with Gasteiger partial charge >= 0.3 is 0 Å². The van der Waals surface area contributed by atoms with Gasteiger partial charge in [0.25, 0.3) is 5.91 Å². The highest BCUT2D eigenvalue weighted by atomic mass is 16.5. The van der Waals surface area contributed by atoms with Crippen LogP contribution in [0.15, 0.2) is 48.5 Å². The number of ether oxygens (including phenoxy) is 1. The molecule has 0 bridgehead atoms. The van der Waals surface area contributed by atoms with Crippen molar-refractivity contribution in [2.75, 3.05) is 12.3 Å². The zero-order chi connectivity index (χ0) is 17.5. The van der Waals surface area contributed by atoms with Gasteiger partial charge in [0, 0.05) is 17.8 Å². The van der Waals surface area contributed by atoms with Crippen LogP contribution in [0.3, 0.4) is 0 Å². The van der Waals surface area contributed by atoms with Crippen molar-refractivity contribution in [3.63, 3.8) is 0 Å². The van der Waals surface area contributed by atoms with E-state index in [0.717, 1.165) is 17.7 Å². The van der Waals surface area contributed by atoms with E-state index in [1.54, 1.807) is 31.2 Å². The summed E-state index contributed by atoms with van der Waals surface area (Å²) >= 11 is 0. The number of nitrogens with two attached hydrogens (primary N) is 1. The van der Waals surface area contributed by atoms with Crippen molar-refractivity contribution >= 4 is 17.4 Å². The topological polar surface area (TPSA) is 81.4 Å². The summed E-state index contributed by atoms with van der Waals surface area (Å²) in [5.74, 6) is 0.267. The van der Waals surface area contributed by atoms with Crippen molar-refractivity contribution in [3.8, 4) is 5.75 Å². The number of hydrogen-bond donors (Lipinski definition) is 2. The fraction of sp³-hybridized carbons (Fsp3) is 0.263. The molecule has 126 valence electrons. The molecule has 2 aromatic rings. The van der Waals surface area contributed by atoms with Crippen LogP contribution in [0.25, 0.3) is 0 Å². The van der Waals surface area contributed by atoms with Crippen LogP contribution in [0.2, 0.25) is 0 Å². The third-order valence-electron chi connectivity index (χ3n) is 3.62. The van der Waals surface area contributed by atoms with E-state index >= 15 is 0 Å². The molecular formula is C19H22N2O3. The Morgan fingerprint density at radius 1 is 1.17 bits per heavy atom. The van der Waals surface area contributed by atoms with E-state index < -0.39 is 6.10 Å². The number of nitrogens with one attached hydrogen (secondary N) is 1. The highest BCUT2D eigenvalue weighted by Gasteiger charge is 2.14. The summed E-state index contributed by atoms with van der Waals surface area (Å²) in [6.45, 7) is 3.69. The predicted octanol–water partition coefficient (Wildman–Crippen LogP) is 2.60. The van der Waals surface area contributed by atoms with Crippen LogP contribution >= 0.6 is 0 Å². The summed E-state index contributed by atoms with van der Waals surface area (Å²) in [6, 6.07) is 14.4. The highest BCUT2D eigenvalue weighted by Crippen LogP contribution is 2.15. The lowest BCUT2D eigenvalue weighted by Crippen LogP contribution is -2.37. The molecule has 24 heavy (non-hydrogen) atoms. The van der Waals surface area contributed by atoms with Crippen molar-refractivity contribution in [2.24, 2.45) is 0 Å². The minimum atomic E-state index is -0.640. The van der Waals surface area contributed by atoms with Gasteiger partial charge in [-0.05, 0) is 50.1 Å². The molecule has 1 unspecified atom stereocenters. The number of amides is 1. The van der Waals surface area contributed by atoms with Gasteiger partial charge in [0.1, 0.15) is 5.75 Å². The zero-order valence-electron chi connectivity index (χ0n) is 13.9. The molecule has 0 aliphatic carbocycles. The van der Waals surface area contributed by atoms with E-state index in [4.69, 9.17) is 10.5 Å². The molecule has 0 aliphatic heterocycles. The highest BCUT2D eigenvalue weighted by molar-refractivity contribution is 5.94. The van der Waals surface area contributed by atoms with Gasteiger partial charge in [0.05, 0.1) is 0 Å². The van der Waals surface area contributed by atoms with Crippen LogP contribution < -0.4 is 15.8 Å². The molecule has 1 amide bonds. The number of carbonyl (C=O) groups is 2. The van der Waals surface area contributed by atoms with Crippen LogP contribution in [-0.4, -0.2) is 24.3 Å².